The summed E-state index contributed by atoms with van der Waals surface area (Å²) in [7, 11) is 1.52. The van der Waals surface area contributed by atoms with Crippen LogP contribution in [0.3, 0.4) is 0 Å². The van der Waals surface area contributed by atoms with Gasteiger partial charge in [0.2, 0.25) is 5.91 Å². The number of rotatable bonds is 6. The molecule has 1 aromatic carbocycles. The lowest BCUT2D eigenvalue weighted by Crippen LogP contribution is -2.49. The first-order valence-corrected chi connectivity index (χ1v) is 11.6. The molecule has 176 valence electrons. The molecule has 8 nitrogen and oxygen atoms in total. The highest BCUT2D eigenvalue weighted by Gasteiger charge is 2.29. The maximum atomic E-state index is 15.1. The van der Waals surface area contributed by atoms with Gasteiger partial charge in [0.05, 0.1) is 25.0 Å². The van der Waals surface area contributed by atoms with Crippen LogP contribution in [0.2, 0.25) is 0 Å². The molecule has 2 heterocycles. The predicted octanol–water partition coefficient (Wildman–Crippen LogP) is 1.34. The number of hydrogen-bond acceptors (Lipinski definition) is 7. The second-order valence-electron chi connectivity index (χ2n) is 9.23. The van der Waals surface area contributed by atoms with Gasteiger partial charge in [-0.25, -0.2) is 4.39 Å². The molecule has 1 amide bonds. The minimum Gasteiger partial charge on any atom is -0.495 e. The van der Waals surface area contributed by atoms with Gasteiger partial charge in [0.25, 0.3) is 0 Å². The number of hydrogen-bond donors (Lipinski definition) is 3. The molecule has 0 aromatic heterocycles. The second-order valence-corrected chi connectivity index (χ2v) is 9.23. The van der Waals surface area contributed by atoms with Crippen LogP contribution in [0.25, 0.3) is 0 Å². The first-order chi connectivity index (χ1) is 15.4. The van der Waals surface area contributed by atoms with E-state index in [0.29, 0.717) is 29.1 Å². The monoisotopic (exact) mass is 447 g/mol. The number of Topliss-reactive ketones (excluding diaryl/α,β-unsaturated/α-hetero) is 1. The summed E-state index contributed by atoms with van der Waals surface area (Å²) in [4.78, 5) is 28.3. The van der Waals surface area contributed by atoms with Gasteiger partial charge in [0.1, 0.15) is 17.6 Å². The van der Waals surface area contributed by atoms with Crippen LogP contribution >= 0.6 is 0 Å². The average molecular weight is 448 g/mol. The number of methoxy groups -OCH3 is 1. The molecule has 1 saturated carbocycles. The Kier molecular flexibility index (Phi) is 7.15. The van der Waals surface area contributed by atoms with Crippen LogP contribution < -0.4 is 26.0 Å². The molecule has 2 saturated heterocycles. The van der Waals surface area contributed by atoms with E-state index in [0.717, 1.165) is 45.6 Å². The Morgan fingerprint density at radius 2 is 1.88 bits per heavy atom. The second kappa shape index (κ2) is 10.0. The van der Waals surface area contributed by atoms with Crippen molar-refractivity contribution in [3.8, 4) is 5.75 Å². The normalized spacial score (nSPS) is 27.2. The molecule has 1 aliphatic carbocycles. The number of halogens is 1. The predicted molar refractivity (Wildman–Crippen MR) is 122 cm³/mol. The van der Waals surface area contributed by atoms with Crippen LogP contribution in [0.1, 0.15) is 32.1 Å². The molecule has 1 atom stereocenters. The van der Waals surface area contributed by atoms with Gasteiger partial charge in [0.15, 0.2) is 5.78 Å². The summed E-state index contributed by atoms with van der Waals surface area (Å²) in [5, 5.41) is 5.52. The van der Waals surface area contributed by atoms with Crippen molar-refractivity contribution < 1.29 is 18.7 Å². The largest absolute Gasteiger partial charge is 0.495 e. The molecule has 1 aromatic rings. The number of amides is 1. The van der Waals surface area contributed by atoms with Gasteiger partial charge in [-0.15, -0.1) is 0 Å². The van der Waals surface area contributed by atoms with Gasteiger partial charge in [-0.1, -0.05) is 0 Å². The fourth-order valence-corrected chi connectivity index (χ4v) is 4.98. The highest BCUT2D eigenvalue weighted by molar-refractivity contribution is 5.98. The molecule has 1 unspecified atom stereocenters. The number of nitrogens with zero attached hydrogens (tertiary/aromatic N) is 2. The Balaban J connectivity index is 1.38. The molecule has 0 spiro atoms. The smallest absolute Gasteiger partial charge is 0.243 e. The van der Waals surface area contributed by atoms with Crippen LogP contribution in [-0.4, -0.2) is 75.1 Å². The van der Waals surface area contributed by atoms with Crippen molar-refractivity contribution in [1.29, 1.82) is 0 Å². The molecular formula is C23H34FN5O3. The van der Waals surface area contributed by atoms with Crippen LogP contribution in [-0.2, 0) is 9.59 Å². The van der Waals surface area contributed by atoms with Gasteiger partial charge in [-0.05, 0) is 31.6 Å². The van der Waals surface area contributed by atoms with Crippen molar-refractivity contribution in [2.45, 2.75) is 44.2 Å². The SMILES string of the molecule is COc1cc(N2CCN(CC3CCC(N)CC3)CC2)c(F)cc1NC1CC(=O)CNC1=O. The minimum atomic E-state index is -0.728. The Labute approximate surface area is 188 Å². The summed E-state index contributed by atoms with van der Waals surface area (Å²) in [6.45, 7) is 4.43. The summed E-state index contributed by atoms with van der Waals surface area (Å²) in [5.41, 5.74) is 6.89. The third kappa shape index (κ3) is 5.32. The van der Waals surface area contributed by atoms with E-state index in [1.807, 2.05) is 4.90 Å². The first kappa shape index (κ1) is 22.8. The summed E-state index contributed by atoms with van der Waals surface area (Å²) in [6, 6.07) is 2.68. The number of piperidine rings is 1. The maximum Gasteiger partial charge on any atom is 0.243 e. The van der Waals surface area contributed by atoms with Crippen molar-refractivity contribution in [2.75, 3.05) is 56.6 Å². The Bertz CT molecular complexity index is 835. The van der Waals surface area contributed by atoms with E-state index in [4.69, 9.17) is 10.5 Å². The number of anilines is 2. The van der Waals surface area contributed by atoms with Crippen LogP contribution in [0.4, 0.5) is 15.8 Å². The standard InChI is InChI=1S/C23H34FN5O3/c1-32-22-12-21(18(24)11-19(22)27-20-10-17(30)13-26-23(20)31)29-8-6-28(7-9-29)14-15-2-4-16(25)5-3-15/h11-12,15-16,20,27H,2-10,13-14,25H2,1H3,(H,26,31). The third-order valence-electron chi connectivity index (χ3n) is 6.93. The number of ketones is 1. The van der Waals surface area contributed by atoms with E-state index in [9.17, 15) is 9.59 Å². The molecule has 9 heteroatoms. The topological polar surface area (TPSA) is 99.9 Å². The number of ether oxygens (including phenoxy) is 1. The zero-order valence-corrected chi connectivity index (χ0v) is 18.7. The van der Waals surface area contributed by atoms with Gasteiger partial charge in [-0.2, -0.15) is 0 Å². The van der Waals surface area contributed by atoms with Crippen molar-refractivity contribution in [1.82, 2.24) is 10.2 Å². The number of benzene rings is 1. The highest BCUT2D eigenvalue weighted by Crippen LogP contribution is 2.34. The molecule has 3 fully saturated rings. The van der Waals surface area contributed by atoms with E-state index < -0.39 is 6.04 Å². The number of nitrogens with two attached hydrogens (primary N) is 1. The fraction of sp³-hybridized carbons (Fsp3) is 0.652. The fourth-order valence-electron chi connectivity index (χ4n) is 4.98. The quantitative estimate of drug-likeness (QED) is 0.605. The average Bonchev–Trinajstić information content (AvgIpc) is 2.79. The van der Waals surface area contributed by atoms with E-state index in [1.54, 1.807) is 6.07 Å². The number of piperazine rings is 1. The van der Waals surface area contributed by atoms with Gasteiger partial charge >= 0.3 is 0 Å². The third-order valence-corrected chi connectivity index (χ3v) is 6.93. The van der Waals surface area contributed by atoms with Crippen LogP contribution in [0.5, 0.6) is 5.75 Å². The Hall–Kier alpha value is -2.39. The molecule has 3 aliphatic rings. The van der Waals surface area contributed by atoms with E-state index in [2.05, 4.69) is 15.5 Å². The molecular weight excluding hydrogens is 413 g/mol. The number of carbonyl (C=O) groups excluding carboxylic acids is 2. The molecule has 0 bridgehead atoms. The van der Waals surface area contributed by atoms with Crippen LogP contribution in [0, 0.1) is 11.7 Å². The zero-order valence-electron chi connectivity index (χ0n) is 18.7. The molecule has 4 rings (SSSR count). The van der Waals surface area contributed by atoms with Gasteiger partial charge in [0, 0.05) is 57.3 Å². The lowest BCUT2D eigenvalue weighted by atomic mass is 9.86. The van der Waals surface area contributed by atoms with Crippen molar-refractivity contribution >= 4 is 23.1 Å². The summed E-state index contributed by atoms with van der Waals surface area (Å²) in [5.74, 6) is 0.463. The molecule has 4 N–H and O–H groups in total. The molecule has 32 heavy (non-hydrogen) atoms. The first-order valence-electron chi connectivity index (χ1n) is 11.6. The summed E-state index contributed by atoms with van der Waals surface area (Å²) in [6.07, 6.45) is 4.71. The number of carbonyl (C=O) groups is 2. The van der Waals surface area contributed by atoms with Crippen molar-refractivity contribution in [3.63, 3.8) is 0 Å². The van der Waals surface area contributed by atoms with Crippen LogP contribution in [0.15, 0.2) is 12.1 Å². The molecule has 0 radical (unpaired) electrons. The maximum absolute atomic E-state index is 15.1. The van der Waals surface area contributed by atoms with E-state index in [1.165, 1.54) is 26.0 Å². The lowest BCUT2D eigenvalue weighted by molar-refractivity contribution is -0.130. The minimum absolute atomic E-state index is 0.0434. The Morgan fingerprint density at radius 1 is 1.16 bits per heavy atom. The summed E-state index contributed by atoms with van der Waals surface area (Å²) >= 11 is 0. The highest BCUT2D eigenvalue weighted by atomic mass is 19.1. The van der Waals surface area contributed by atoms with Crippen molar-refractivity contribution in [2.24, 2.45) is 11.7 Å². The zero-order chi connectivity index (χ0) is 22.7. The molecule has 2 aliphatic heterocycles. The van der Waals surface area contributed by atoms with E-state index >= 15 is 4.39 Å². The van der Waals surface area contributed by atoms with Crippen molar-refractivity contribution in [3.05, 3.63) is 17.9 Å². The van der Waals surface area contributed by atoms with Gasteiger partial charge in [-0.3, -0.25) is 14.5 Å². The lowest BCUT2D eigenvalue weighted by Gasteiger charge is -2.39. The number of nitrogens with one attached hydrogen (secondary N) is 2. The summed E-state index contributed by atoms with van der Waals surface area (Å²) < 4.78 is 20.5. The van der Waals surface area contributed by atoms with E-state index in [-0.39, 0.29) is 30.5 Å². The van der Waals surface area contributed by atoms with Gasteiger partial charge < -0.3 is 26.0 Å². The Morgan fingerprint density at radius 3 is 2.56 bits per heavy atom.